The molecule has 1 saturated heterocycles. The predicted molar refractivity (Wildman–Crippen MR) is 93.2 cm³/mol. The van der Waals surface area contributed by atoms with Gasteiger partial charge in [-0.2, -0.15) is 11.8 Å². The molecule has 2 amide bonds. The highest BCUT2D eigenvalue weighted by atomic mass is 32.2. The Morgan fingerprint density at radius 3 is 2.57 bits per heavy atom. The van der Waals surface area contributed by atoms with E-state index in [0.29, 0.717) is 10.9 Å². The van der Waals surface area contributed by atoms with E-state index in [9.17, 15) is 9.18 Å². The number of nitrogens with zero attached hydrogens (tertiary/aromatic N) is 1. The van der Waals surface area contributed by atoms with Gasteiger partial charge in [0.05, 0.1) is 0 Å². The summed E-state index contributed by atoms with van der Waals surface area (Å²) in [7, 11) is 0. The van der Waals surface area contributed by atoms with Crippen molar-refractivity contribution >= 4 is 23.5 Å². The Bertz CT molecular complexity index is 648. The van der Waals surface area contributed by atoms with Crippen LogP contribution in [0.25, 0.3) is 0 Å². The van der Waals surface area contributed by atoms with Gasteiger partial charge in [-0.3, -0.25) is 0 Å². The van der Waals surface area contributed by atoms with Gasteiger partial charge >= 0.3 is 6.03 Å². The maximum Gasteiger partial charge on any atom is 0.321 e. The van der Waals surface area contributed by atoms with Crippen LogP contribution in [0.15, 0.2) is 54.6 Å². The monoisotopic (exact) mass is 330 g/mol. The highest BCUT2D eigenvalue weighted by molar-refractivity contribution is 7.99. The number of benzene rings is 2. The van der Waals surface area contributed by atoms with E-state index in [2.05, 4.69) is 29.6 Å². The third kappa shape index (κ3) is 4.26. The van der Waals surface area contributed by atoms with Crippen molar-refractivity contribution in [2.75, 3.05) is 24.2 Å². The van der Waals surface area contributed by atoms with Gasteiger partial charge in [-0.1, -0.05) is 30.3 Å². The largest absolute Gasteiger partial charge is 0.324 e. The number of thioether (sulfide) groups is 1. The smallest absolute Gasteiger partial charge is 0.321 e. The number of halogens is 1. The first kappa shape index (κ1) is 15.9. The molecule has 120 valence electrons. The van der Waals surface area contributed by atoms with Crippen LogP contribution in [0.4, 0.5) is 14.9 Å². The van der Waals surface area contributed by atoms with Crippen LogP contribution in [-0.2, 0) is 0 Å². The fourth-order valence-corrected chi connectivity index (χ4v) is 3.87. The lowest BCUT2D eigenvalue weighted by Crippen LogP contribution is -2.36. The fourth-order valence-electron chi connectivity index (χ4n) is 2.64. The summed E-state index contributed by atoms with van der Waals surface area (Å²) in [6.07, 6.45) is 0.936. The van der Waals surface area contributed by atoms with Gasteiger partial charge in [0.15, 0.2) is 0 Å². The van der Waals surface area contributed by atoms with Crippen molar-refractivity contribution in [3.8, 4) is 0 Å². The summed E-state index contributed by atoms with van der Waals surface area (Å²) in [4.78, 5) is 14.2. The summed E-state index contributed by atoms with van der Waals surface area (Å²) in [6.45, 7) is 1.45. The molecule has 0 saturated carbocycles. The van der Waals surface area contributed by atoms with Crippen LogP contribution >= 0.6 is 11.8 Å². The molecule has 0 aliphatic carbocycles. The van der Waals surface area contributed by atoms with E-state index in [-0.39, 0.29) is 11.8 Å². The van der Waals surface area contributed by atoms with Gasteiger partial charge < -0.3 is 10.2 Å². The Kier molecular flexibility index (Phi) is 5.18. The molecule has 2 aromatic rings. The first-order chi connectivity index (χ1) is 11.2. The number of urea groups is 1. The Labute approximate surface area is 139 Å². The van der Waals surface area contributed by atoms with Crippen molar-refractivity contribution in [3.63, 3.8) is 0 Å². The summed E-state index contributed by atoms with van der Waals surface area (Å²) in [6, 6.07) is 16.1. The molecule has 0 radical (unpaired) electrons. The van der Waals surface area contributed by atoms with Gasteiger partial charge in [0.1, 0.15) is 5.82 Å². The lowest BCUT2D eigenvalue weighted by atomic mass is 10.1. The predicted octanol–water partition coefficient (Wildman–Crippen LogP) is 4.54. The van der Waals surface area contributed by atoms with Crippen LogP contribution in [0.2, 0.25) is 0 Å². The zero-order valence-corrected chi connectivity index (χ0v) is 13.6. The van der Waals surface area contributed by atoms with Gasteiger partial charge in [-0.05, 0) is 36.2 Å². The van der Waals surface area contributed by atoms with Crippen molar-refractivity contribution in [2.24, 2.45) is 0 Å². The second kappa shape index (κ2) is 7.51. The molecule has 1 unspecified atom stereocenters. The first-order valence-corrected chi connectivity index (χ1v) is 8.75. The van der Waals surface area contributed by atoms with E-state index < -0.39 is 0 Å². The van der Waals surface area contributed by atoms with Crippen molar-refractivity contribution in [2.45, 2.75) is 11.7 Å². The summed E-state index contributed by atoms with van der Waals surface area (Å²) in [5, 5.41) is 3.26. The number of amides is 2. The molecule has 5 heteroatoms. The number of nitrogens with one attached hydrogen (secondary N) is 1. The summed E-state index contributed by atoms with van der Waals surface area (Å²) in [5.74, 6) is 0.607. The lowest BCUT2D eigenvalue weighted by Gasteiger charge is -2.21. The van der Waals surface area contributed by atoms with E-state index in [1.165, 1.54) is 17.7 Å². The number of anilines is 1. The number of hydrogen-bond donors (Lipinski definition) is 1. The van der Waals surface area contributed by atoms with E-state index >= 15 is 0 Å². The molecule has 1 fully saturated rings. The molecule has 0 spiro atoms. The van der Waals surface area contributed by atoms with E-state index in [0.717, 1.165) is 25.3 Å². The van der Waals surface area contributed by atoms with Crippen molar-refractivity contribution in [1.29, 1.82) is 0 Å². The molecular formula is C18H19FN2OS. The molecular weight excluding hydrogens is 311 g/mol. The highest BCUT2D eigenvalue weighted by Gasteiger charge is 2.21. The average Bonchev–Trinajstić information content (AvgIpc) is 2.84. The maximum absolute atomic E-state index is 12.9. The zero-order valence-electron chi connectivity index (χ0n) is 12.7. The molecule has 3 nitrogen and oxygen atoms in total. The van der Waals surface area contributed by atoms with Crippen LogP contribution in [-0.4, -0.2) is 29.8 Å². The van der Waals surface area contributed by atoms with Crippen molar-refractivity contribution < 1.29 is 9.18 Å². The SMILES string of the molecule is O=C(Nc1ccc(F)cc1)N1CCSC(c2ccccc2)CC1. The quantitative estimate of drug-likeness (QED) is 0.877. The van der Waals surface area contributed by atoms with E-state index in [4.69, 9.17) is 0 Å². The first-order valence-electron chi connectivity index (χ1n) is 7.70. The van der Waals surface area contributed by atoms with Gasteiger partial charge in [0.25, 0.3) is 0 Å². The number of carbonyl (C=O) groups excluding carboxylic acids is 1. The molecule has 1 heterocycles. The van der Waals surface area contributed by atoms with E-state index in [1.807, 2.05) is 22.7 Å². The van der Waals surface area contributed by atoms with Crippen LogP contribution in [0.1, 0.15) is 17.2 Å². The molecule has 0 bridgehead atoms. The number of hydrogen-bond acceptors (Lipinski definition) is 2. The molecule has 1 N–H and O–H groups in total. The molecule has 2 aromatic carbocycles. The Hall–Kier alpha value is -2.01. The average molecular weight is 330 g/mol. The standard InChI is InChI=1S/C18H19FN2OS/c19-15-6-8-16(9-7-15)20-18(22)21-11-10-17(23-13-12-21)14-4-2-1-3-5-14/h1-9,17H,10-13H2,(H,20,22). The van der Waals surface area contributed by atoms with Gasteiger partial charge in [0.2, 0.25) is 0 Å². The minimum absolute atomic E-state index is 0.120. The Balaban J connectivity index is 1.59. The molecule has 23 heavy (non-hydrogen) atoms. The zero-order chi connectivity index (χ0) is 16.1. The highest BCUT2D eigenvalue weighted by Crippen LogP contribution is 2.34. The fraction of sp³-hybridized carbons (Fsp3) is 0.278. The van der Waals surface area contributed by atoms with Gasteiger partial charge in [0, 0.05) is 29.8 Å². The number of carbonyl (C=O) groups is 1. The van der Waals surface area contributed by atoms with Gasteiger partial charge in [-0.15, -0.1) is 0 Å². The lowest BCUT2D eigenvalue weighted by molar-refractivity contribution is 0.215. The summed E-state index contributed by atoms with van der Waals surface area (Å²) in [5.41, 5.74) is 1.94. The molecule has 1 aliphatic heterocycles. The topological polar surface area (TPSA) is 32.3 Å². The molecule has 0 aromatic heterocycles. The molecule has 1 atom stereocenters. The molecule has 1 aliphatic rings. The van der Waals surface area contributed by atoms with Crippen LogP contribution < -0.4 is 5.32 Å². The van der Waals surface area contributed by atoms with E-state index in [1.54, 1.807) is 12.1 Å². The maximum atomic E-state index is 12.9. The third-order valence-electron chi connectivity index (χ3n) is 3.90. The van der Waals surface area contributed by atoms with Crippen LogP contribution in [0, 0.1) is 5.82 Å². The third-order valence-corrected chi connectivity index (χ3v) is 5.22. The second-order valence-electron chi connectivity index (χ2n) is 5.48. The molecule has 3 rings (SSSR count). The van der Waals surface area contributed by atoms with Gasteiger partial charge in [-0.25, -0.2) is 9.18 Å². The van der Waals surface area contributed by atoms with Crippen LogP contribution in [0.3, 0.4) is 0 Å². The minimum atomic E-state index is -0.306. The Morgan fingerprint density at radius 2 is 1.83 bits per heavy atom. The normalized spacial score (nSPS) is 18.3. The van der Waals surface area contributed by atoms with Crippen molar-refractivity contribution in [1.82, 2.24) is 4.90 Å². The Morgan fingerprint density at radius 1 is 1.09 bits per heavy atom. The van der Waals surface area contributed by atoms with Crippen molar-refractivity contribution in [3.05, 3.63) is 66.0 Å². The summed E-state index contributed by atoms with van der Waals surface area (Å²) >= 11 is 1.90. The van der Waals surface area contributed by atoms with Crippen LogP contribution in [0.5, 0.6) is 0 Å². The summed E-state index contributed by atoms with van der Waals surface area (Å²) < 4.78 is 12.9. The minimum Gasteiger partial charge on any atom is -0.324 e. The second-order valence-corrected chi connectivity index (χ2v) is 6.79. The number of rotatable bonds is 2.